The number of anilines is 15. The number of hydrogen-bond acceptors (Lipinski definition) is 6. The minimum Gasteiger partial charge on any atom is -0.311 e. The molecule has 422 valence electrons. The minimum atomic E-state index is -0.106. The van der Waals surface area contributed by atoms with Crippen LogP contribution in [0.25, 0.3) is 0 Å². The SMILES string of the molecule is CCCCc1ccc(N(c2ccc(I)cc2)c2cc3c4c(c2)N(c2ccc(I)cc2)c2cc5c(cc2B4c2ccccc2N3c2ccccc2)B2c3ccccc3N(c3ccccc3)c3cc(N(c4ccc(C)cc4)c4ccc(I)cc4)cc(c32)S5)cc1. The molecule has 88 heavy (non-hydrogen) atoms. The van der Waals surface area contributed by atoms with E-state index in [2.05, 4.69) is 373 Å². The number of nitrogens with zero attached hydrogens (tertiary/aromatic N) is 5. The van der Waals surface area contributed by atoms with Crippen molar-refractivity contribution in [1.82, 2.24) is 0 Å². The standard InChI is InChI=1S/C77H56B2I3N5S/c1-3-4-15-51-26-36-58(37-27-51)83(59-38-28-52(80)29-39-59)62-44-71-76-72(45-62)87(61-42-32-54(82)33-43-61)70-49-74-67(48-66(70)78(76)64-20-11-13-22-68(64)85(71)55-16-7-5-8-17-55)79-65-21-12-14-23-69(65)86(56-18-9-6-10-19-56)73-46-63(47-75(88-74)77(73)79)84(57-34-24-50(2)25-35-57)60-40-30-53(81)31-41-60/h5-14,16-49H,3-4,15H2,1-2H3. The fourth-order valence-corrected chi connectivity index (χ4v) is 16.2. The maximum Gasteiger partial charge on any atom is 0.252 e. The molecule has 4 aliphatic rings. The lowest BCUT2D eigenvalue weighted by Crippen LogP contribution is -2.64. The Labute approximate surface area is 561 Å². The number of halogens is 3. The van der Waals surface area contributed by atoms with Crippen LogP contribution < -0.4 is 57.3 Å². The number of fused-ring (bicyclic) bond motifs is 8. The summed E-state index contributed by atoms with van der Waals surface area (Å²) in [6, 6.07) is 101. The van der Waals surface area contributed by atoms with E-state index in [4.69, 9.17) is 0 Å². The average molecular weight is 1490 g/mol. The topological polar surface area (TPSA) is 16.2 Å². The summed E-state index contributed by atoms with van der Waals surface area (Å²) in [7, 11) is 0. The van der Waals surface area contributed by atoms with Gasteiger partial charge >= 0.3 is 0 Å². The summed E-state index contributed by atoms with van der Waals surface area (Å²) in [4.78, 5) is 15.1. The molecule has 0 unspecified atom stereocenters. The first-order valence-electron chi connectivity index (χ1n) is 30.2. The molecule has 0 atom stereocenters. The van der Waals surface area contributed by atoms with Gasteiger partial charge in [-0.2, -0.15) is 0 Å². The molecule has 0 radical (unpaired) electrons. The molecule has 0 aliphatic carbocycles. The van der Waals surface area contributed by atoms with E-state index in [0.29, 0.717) is 0 Å². The normalized spacial score (nSPS) is 13.0. The Morgan fingerprint density at radius 2 is 0.773 bits per heavy atom. The van der Waals surface area contributed by atoms with Crippen molar-refractivity contribution in [3.8, 4) is 0 Å². The fraction of sp³-hybridized carbons (Fsp3) is 0.0649. The molecule has 12 aromatic carbocycles. The van der Waals surface area contributed by atoms with E-state index in [0.717, 1.165) is 69.7 Å². The van der Waals surface area contributed by atoms with Gasteiger partial charge in [-0.15, -0.1) is 0 Å². The molecule has 16 rings (SSSR count). The third-order valence-electron chi connectivity index (χ3n) is 17.9. The summed E-state index contributed by atoms with van der Waals surface area (Å²) in [5.41, 5.74) is 27.5. The zero-order valence-electron chi connectivity index (χ0n) is 48.5. The summed E-state index contributed by atoms with van der Waals surface area (Å²) in [6.45, 7) is 4.27. The van der Waals surface area contributed by atoms with E-state index in [1.807, 2.05) is 11.8 Å². The molecule has 0 fully saturated rings. The van der Waals surface area contributed by atoms with E-state index in [1.54, 1.807) is 0 Å². The van der Waals surface area contributed by atoms with Crippen LogP contribution >= 0.6 is 79.5 Å². The van der Waals surface area contributed by atoms with Crippen LogP contribution in [0.4, 0.5) is 85.3 Å². The number of para-hydroxylation sites is 4. The van der Waals surface area contributed by atoms with Crippen LogP contribution in [-0.2, 0) is 6.42 Å². The Bertz CT molecular complexity index is 4610. The molecule has 0 saturated heterocycles. The van der Waals surface area contributed by atoms with Gasteiger partial charge in [-0.1, -0.05) is 139 Å². The summed E-state index contributed by atoms with van der Waals surface area (Å²) in [5, 5.41) is 0. The molecule has 4 heterocycles. The Kier molecular flexibility index (Phi) is 14.6. The molecular formula is C77H56B2I3N5S. The Morgan fingerprint density at radius 3 is 1.30 bits per heavy atom. The second-order valence-electron chi connectivity index (χ2n) is 23.2. The smallest absolute Gasteiger partial charge is 0.252 e. The molecule has 0 saturated carbocycles. The summed E-state index contributed by atoms with van der Waals surface area (Å²) < 4.78 is 3.59. The van der Waals surface area contributed by atoms with Crippen molar-refractivity contribution in [2.75, 3.05) is 24.5 Å². The summed E-state index contributed by atoms with van der Waals surface area (Å²) in [5.74, 6) is 0. The lowest BCUT2D eigenvalue weighted by atomic mass is 9.31. The highest BCUT2D eigenvalue weighted by atomic mass is 127. The van der Waals surface area contributed by atoms with E-state index < -0.39 is 0 Å². The molecule has 0 N–H and O–H groups in total. The lowest BCUT2D eigenvalue weighted by molar-refractivity contribution is 0.795. The molecule has 12 aromatic rings. The predicted molar refractivity (Wildman–Crippen MR) is 401 cm³/mol. The van der Waals surface area contributed by atoms with Crippen LogP contribution in [0, 0.1) is 17.6 Å². The van der Waals surface area contributed by atoms with Gasteiger partial charge in [0.05, 0.1) is 5.69 Å². The van der Waals surface area contributed by atoms with Gasteiger partial charge in [0.1, 0.15) is 0 Å². The number of aryl methyl sites for hydroxylation is 2. The summed E-state index contributed by atoms with van der Waals surface area (Å²) >= 11 is 9.24. The van der Waals surface area contributed by atoms with Crippen LogP contribution in [0.5, 0.6) is 0 Å². The zero-order valence-corrected chi connectivity index (χ0v) is 55.7. The molecule has 0 spiro atoms. The van der Waals surface area contributed by atoms with Crippen LogP contribution in [0.15, 0.2) is 277 Å². The number of benzene rings is 12. The first kappa shape index (κ1) is 55.6. The average Bonchev–Trinajstić information content (AvgIpc) is 0.706. The second-order valence-corrected chi connectivity index (χ2v) is 28.0. The quantitative estimate of drug-likeness (QED) is 0.0889. The Hall–Kier alpha value is -7.69. The van der Waals surface area contributed by atoms with Gasteiger partial charge in [-0.05, 0) is 284 Å². The van der Waals surface area contributed by atoms with Gasteiger partial charge in [0.2, 0.25) is 6.71 Å². The highest BCUT2D eigenvalue weighted by Crippen LogP contribution is 2.51. The van der Waals surface area contributed by atoms with Gasteiger partial charge < -0.3 is 24.5 Å². The maximum absolute atomic E-state index is 2.64. The second kappa shape index (κ2) is 23.0. The number of unbranched alkanes of at least 4 members (excludes halogenated alkanes) is 1. The first-order valence-corrected chi connectivity index (χ1v) is 34.2. The first-order chi connectivity index (χ1) is 43.2. The number of hydrogen-bond donors (Lipinski definition) is 0. The third-order valence-corrected chi connectivity index (χ3v) is 21.1. The zero-order chi connectivity index (χ0) is 59.1. The van der Waals surface area contributed by atoms with Gasteiger partial charge in [0.15, 0.2) is 0 Å². The van der Waals surface area contributed by atoms with Crippen LogP contribution in [0.3, 0.4) is 0 Å². The molecule has 5 nitrogen and oxygen atoms in total. The third kappa shape index (κ3) is 9.64. The van der Waals surface area contributed by atoms with Gasteiger partial charge in [0.25, 0.3) is 6.71 Å². The predicted octanol–water partition coefficient (Wildman–Crippen LogP) is 18.9. The summed E-state index contributed by atoms with van der Waals surface area (Å²) in [6.07, 6.45) is 3.39. The van der Waals surface area contributed by atoms with E-state index >= 15 is 0 Å². The van der Waals surface area contributed by atoms with E-state index in [9.17, 15) is 0 Å². The van der Waals surface area contributed by atoms with Crippen molar-refractivity contribution in [2.45, 2.75) is 42.9 Å². The largest absolute Gasteiger partial charge is 0.311 e. The van der Waals surface area contributed by atoms with Crippen LogP contribution in [0.1, 0.15) is 30.9 Å². The molecular weight excluding hydrogens is 1430 g/mol. The van der Waals surface area contributed by atoms with Crippen molar-refractivity contribution < 1.29 is 0 Å². The van der Waals surface area contributed by atoms with Crippen molar-refractivity contribution in [2.24, 2.45) is 0 Å². The Balaban J connectivity index is 0.971. The van der Waals surface area contributed by atoms with Gasteiger partial charge in [-0.25, -0.2) is 0 Å². The highest BCUT2D eigenvalue weighted by molar-refractivity contribution is 14.1. The monoisotopic (exact) mass is 1490 g/mol. The van der Waals surface area contributed by atoms with Crippen LogP contribution in [-0.4, -0.2) is 13.4 Å². The molecule has 0 bridgehead atoms. The van der Waals surface area contributed by atoms with Crippen LogP contribution in [0.2, 0.25) is 0 Å². The molecule has 0 amide bonds. The molecule has 11 heteroatoms. The van der Waals surface area contributed by atoms with Gasteiger partial charge in [-0.3, -0.25) is 0 Å². The van der Waals surface area contributed by atoms with E-state index in [1.165, 1.54) is 99.3 Å². The highest BCUT2D eigenvalue weighted by Gasteiger charge is 2.47. The molecule has 4 aliphatic heterocycles. The van der Waals surface area contributed by atoms with Crippen molar-refractivity contribution >= 4 is 211 Å². The van der Waals surface area contributed by atoms with E-state index in [-0.39, 0.29) is 13.4 Å². The van der Waals surface area contributed by atoms with Gasteiger partial charge in [0, 0.05) is 100 Å². The number of rotatable bonds is 12. The molecule has 0 aromatic heterocycles. The Morgan fingerprint density at radius 1 is 0.352 bits per heavy atom. The maximum atomic E-state index is 2.64. The lowest BCUT2D eigenvalue weighted by Gasteiger charge is -2.46. The van der Waals surface area contributed by atoms with Crippen molar-refractivity contribution in [3.63, 3.8) is 0 Å². The van der Waals surface area contributed by atoms with Crippen molar-refractivity contribution in [1.29, 1.82) is 0 Å². The fourth-order valence-electron chi connectivity index (χ4n) is 13.9. The minimum absolute atomic E-state index is 0.0617. The van der Waals surface area contributed by atoms with Crippen molar-refractivity contribution in [3.05, 3.63) is 289 Å².